The minimum atomic E-state index is -0.290. The minimum Gasteiger partial charge on any atom is -0.354 e. The van der Waals surface area contributed by atoms with Crippen LogP contribution in [0.4, 0.5) is 0 Å². The highest BCUT2D eigenvalue weighted by Crippen LogP contribution is 2.31. The third-order valence-corrected chi connectivity index (χ3v) is 4.89. The Morgan fingerprint density at radius 1 is 1.14 bits per heavy atom. The predicted molar refractivity (Wildman–Crippen MR) is 78.0 cm³/mol. The average molecular weight is 285 g/mol. The third-order valence-electron chi connectivity index (χ3n) is 4.89. The number of benzene rings is 1. The van der Waals surface area contributed by atoms with E-state index in [0.29, 0.717) is 19.0 Å². The van der Waals surface area contributed by atoms with Crippen LogP contribution >= 0.6 is 0 Å². The second-order valence-corrected chi connectivity index (χ2v) is 6.13. The van der Waals surface area contributed by atoms with E-state index >= 15 is 0 Å². The molecule has 0 aromatic heterocycles. The molecule has 5 nitrogen and oxygen atoms in total. The lowest BCUT2D eigenvalue weighted by molar-refractivity contribution is -0.123. The molecule has 2 atom stereocenters. The van der Waals surface area contributed by atoms with E-state index in [2.05, 4.69) is 22.8 Å². The van der Waals surface area contributed by atoms with Gasteiger partial charge in [0.2, 0.25) is 5.91 Å². The molecule has 2 unspecified atom stereocenters. The van der Waals surface area contributed by atoms with Crippen LogP contribution in [0.5, 0.6) is 0 Å². The quantitative estimate of drug-likeness (QED) is 0.837. The van der Waals surface area contributed by atoms with E-state index in [9.17, 15) is 9.59 Å². The molecule has 110 valence electrons. The number of fused-ring (bicyclic) bond motifs is 1. The monoisotopic (exact) mass is 285 g/mol. The van der Waals surface area contributed by atoms with E-state index in [-0.39, 0.29) is 17.9 Å². The Hall–Kier alpha value is -1.88. The Balaban J connectivity index is 1.62. The zero-order chi connectivity index (χ0) is 14.4. The molecule has 2 N–H and O–H groups in total. The van der Waals surface area contributed by atoms with Gasteiger partial charge in [-0.05, 0) is 42.5 Å². The molecule has 4 rings (SSSR count). The lowest BCUT2D eigenvalue weighted by Crippen LogP contribution is -2.40. The van der Waals surface area contributed by atoms with Crippen molar-refractivity contribution in [3.63, 3.8) is 0 Å². The second-order valence-electron chi connectivity index (χ2n) is 6.13. The molecule has 0 radical (unpaired) electrons. The van der Waals surface area contributed by atoms with Crippen molar-refractivity contribution in [2.75, 3.05) is 19.6 Å². The van der Waals surface area contributed by atoms with Crippen molar-refractivity contribution in [2.45, 2.75) is 31.3 Å². The van der Waals surface area contributed by atoms with Crippen LogP contribution in [0.2, 0.25) is 0 Å². The van der Waals surface area contributed by atoms with E-state index in [1.807, 2.05) is 6.07 Å². The molecule has 1 aromatic rings. The predicted octanol–water partition coefficient (Wildman–Crippen LogP) is 0.608. The molecule has 5 heteroatoms. The summed E-state index contributed by atoms with van der Waals surface area (Å²) >= 11 is 0. The summed E-state index contributed by atoms with van der Waals surface area (Å²) in [4.78, 5) is 26.2. The van der Waals surface area contributed by atoms with Crippen LogP contribution in [0.15, 0.2) is 18.2 Å². The molecule has 0 saturated carbocycles. The number of rotatable bonds is 2. The molecule has 0 spiro atoms. The molecule has 1 aromatic carbocycles. The summed E-state index contributed by atoms with van der Waals surface area (Å²) in [5.41, 5.74) is 3.08. The van der Waals surface area contributed by atoms with Crippen LogP contribution in [0, 0.1) is 0 Å². The van der Waals surface area contributed by atoms with Crippen molar-refractivity contribution in [2.24, 2.45) is 0 Å². The van der Waals surface area contributed by atoms with Gasteiger partial charge in [0, 0.05) is 25.2 Å². The smallest absolute Gasteiger partial charge is 0.255 e. The number of hydrogen-bond donors (Lipinski definition) is 2. The van der Waals surface area contributed by atoms with Gasteiger partial charge >= 0.3 is 0 Å². The average Bonchev–Trinajstić information content (AvgIpc) is 3.20. The first-order valence-electron chi connectivity index (χ1n) is 7.66. The molecule has 2 fully saturated rings. The van der Waals surface area contributed by atoms with Gasteiger partial charge in [0.15, 0.2) is 0 Å². The van der Waals surface area contributed by atoms with Gasteiger partial charge in [-0.3, -0.25) is 9.59 Å². The second kappa shape index (κ2) is 4.84. The maximum absolute atomic E-state index is 12.6. The molecular formula is C16H19N3O2. The largest absolute Gasteiger partial charge is 0.354 e. The fourth-order valence-electron chi connectivity index (χ4n) is 3.66. The molecule has 21 heavy (non-hydrogen) atoms. The van der Waals surface area contributed by atoms with Gasteiger partial charge in [-0.15, -0.1) is 0 Å². The highest BCUT2D eigenvalue weighted by molar-refractivity contribution is 6.01. The topological polar surface area (TPSA) is 61.4 Å². The minimum absolute atomic E-state index is 0.0138. The lowest BCUT2D eigenvalue weighted by atomic mass is 9.95. The number of hydrogen-bond acceptors (Lipinski definition) is 3. The summed E-state index contributed by atoms with van der Waals surface area (Å²) in [7, 11) is 0. The first-order valence-corrected chi connectivity index (χ1v) is 7.66. The molecule has 3 heterocycles. The number of amides is 2. The standard InChI is InChI=1S/C16H19N3O2/c20-15-14(4-6-18-15)19-9-12-2-1-10(7-13(12)16(19)21)11-3-5-17-8-11/h1-2,7,11,14,17H,3-6,8-9H2,(H,18,20). The van der Waals surface area contributed by atoms with Gasteiger partial charge in [0.05, 0.1) is 0 Å². The maximum atomic E-state index is 12.6. The fraction of sp³-hybridized carbons (Fsp3) is 0.500. The Labute approximate surface area is 123 Å². The van der Waals surface area contributed by atoms with Crippen LogP contribution in [-0.4, -0.2) is 42.4 Å². The Morgan fingerprint density at radius 2 is 2.05 bits per heavy atom. The van der Waals surface area contributed by atoms with E-state index < -0.39 is 0 Å². The van der Waals surface area contributed by atoms with Crippen LogP contribution in [0.25, 0.3) is 0 Å². The number of nitrogens with one attached hydrogen (secondary N) is 2. The van der Waals surface area contributed by atoms with Crippen LogP contribution in [0.1, 0.15) is 40.2 Å². The van der Waals surface area contributed by atoms with Gasteiger partial charge in [0.25, 0.3) is 5.91 Å². The first-order chi connectivity index (χ1) is 10.2. The number of carbonyl (C=O) groups is 2. The zero-order valence-electron chi connectivity index (χ0n) is 11.9. The van der Waals surface area contributed by atoms with Crippen molar-refractivity contribution in [1.29, 1.82) is 0 Å². The normalized spacial score (nSPS) is 28.1. The first kappa shape index (κ1) is 12.8. The summed E-state index contributed by atoms with van der Waals surface area (Å²) in [6, 6.07) is 5.96. The molecule has 2 amide bonds. The summed E-state index contributed by atoms with van der Waals surface area (Å²) in [5.74, 6) is 0.503. The zero-order valence-corrected chi connectivity index (χ0v) is 11.9. The van der Waals surface area contributed by atoms with Crippen molar-refractivity contribution in [3.8, 4) is 0 Å². The maximum Gasteiger partial charge on any atom is 0.255 e. The van der Waals surface area contributed by atoms with Gasteiger partial charge in [-0.25, -0.2) is 0 Å². The fourth-order valence-corrected chi connectivity index (χ4v) is 3.66. The Bertz CT molecular complexity index is 608. The SMILES string of the molecule is O=C1NCCC1N1Cc2ccc(C3CCNC3)cc2C1=O. The van der Waals surface area contributed by atoms with E-state index in [4.69, 9.17) is 0 Å². The third kappa shape index (κ3) is 2.03. The van der Waals surface area contributed by atoms with Crippen molar-refractivity contribution < 1.29 is 9.59 Å². The van der Waals surface area contributed by atoms with Crippen LogP contribution < -0.4 is 10.6 Å². The highest BCUT2D eigenvalue weighted by Gasteiger charge is 2.38. The molecule has 0 aliphatic carbocycles. The summed E-state index contributed by atoms with van der Waals surface area (Å²) < 4.78 is 0. The molecular weight excluding hydrogens is 266 g/mol. The van der Waals surface area contributed by atoms with Crippen molar-refractivity contribution >= 4 is 11.8 Å². The van der Waals surface area contributed by atoms with Crippen molar-refractivity contribution in [3.05, 3.63) is 34.9 Å². The summed E-state index contributed by atoms with van der Waals surface area (Å²) in [6.07, 6.45) is 1.85. The van der Waals surface area contributed by atoms with E-state index in [1.54, 1.807) is 4.90 Å². The summed E-state index contributed by atoms with van der Waals surface area (Å²) in [6.45, 7) is 3.27. The number of nitrogens with zero attached hydrogens (tertiary/aromatic N) is 1. The van der Waals surface area contributed by atoms with Gasteiger partial charge in [0.1, 0.15) is 6.04 Å². The Morgan fingerprint density at radius 3 is 2.76 bits per heavy atom. The highest BCUT2D eigenvalue weighted by atomic mass is 16.2. The van der Waals surface area contributed by atoms with Crippen molar-refractivity contribution in [1.82, 2.24) is 15.5 Å². The van der Waals surface area contributed by atoms with E-state index in [1.165, 1.54) is 5.56 Å². The van der Waals surface area contributed by atoms with E-state index in [0.717, 1.165) is 37.1 Å². The lowest BCUT2D eigenvalue weighted by Gasteiger charge is -2.20. The van der Waals surface area contributed by atoms with Gasteiger partial charge < -0.3 is 15.5 Å². The molecule has 3 aliphatic rings. The van der Waals surface area contributed by atoms with Crippen LogP contribution in [-0.2, 0) is 11.3 Å². The molecule has 2 saturated heterocycles. The van der Waals surface area contributed by atoms with Gasteiger partial charge in [-0.1, -0.05) is 12.1 Å². The summed E-state index contributed by atoms with van der Waals surface area (Å²) in [5, 5.41) is 6.17. The number of carbonyl (C=O) groups excluding carboxylic acids is 2. The Kier molecular flexibility index (Phi) is 2.96. The van der Waals surface area contributed by atoms with Gasteiger partial charge in [-0.2, -0.15) is 0 Å². The molecule has 3 aliphatic heterocycles. The molecule has 0 bridgehead atoms. The van der Waals surface area contributed by atoms with Crippen LogP contribution in [0.3, 0.4) is 0 Å².